The molecule has 0 aromatic heterocycles. The monoisotopic (exact) mass is 281 g/mol. The van der Waals surface area contributed by atoms with Gasteiger partial charge in [-0.1, -0.05) is 13.8 Å². The first-order valence-electron chi connectivity index (χ1n) is 5.91. The molecule has 2 N–H and O–H groups in total. The van der Waals surface area contributed by atoms with Crippen LogP contribution in [-0.4, -0.2) is 44.9 Å². The summed E-state index contributed by atoms with van der Waals surface area (Å²) < 4.78 is 28.0. The molecular weight excluding hydrogens is 258 g/mol. The number of aliphatic hydroxyl groups is 1. The number of amides is 1. The molecule has 1 amide bonds. The van der Waals surface area contributed by atoms with Crippen molar-refractivity contribution in [1.82, 2.24) is 5.32 Å². The van der Waals surface area contributed by atoms with Gasteiger partial charge < -0.3 is 10.4 Å². The third-order valence-corrected chi connectivity index (χ3v) is 3.63. The largest absolute Gasteiger partial charge is 0.396 e. The number of hydrogen-bond acceptors (Lipinski definition) is 5. The van der Waals surface area contributed by atoms with E-state index in [9.17, 15) is 13.2 Å². The Labute approximate surface area is 109 Å². The quantitative estimate of drug-likeness (QED) is 0.467. The van der Waals surface area contributed by atoms with Crippen molar-refractivity contribution in [3.05, 3.63) is 0 Å². The van der Waals surface area contributed by atoms with Crippen LogP contribution in [0.2, 0.25) is 0 Å². The second kappa shape index (κ2) is 7.70. The first-order chi connectivity index (χ1) is 8.18. The highest BCUT2D eigenvalue weighted by Crippen LogP contribution is 2.21. The number of nitrogens with one attached hydrogen (secondary N) is 1. The molecule has 0 radical (unpaired) electrons. The van der Waals surface area contributed by atoms with E-state index in [1.807, 2.05) is 13.8 Å². The van der Waals surface area contributed by atoms with Gasteiger partial charge in [0.1, 0.15) is 0 Å². The lowest BCUT2D eigenvalue weighted by Crippen LogP contribution is -2.26. The molecule has 0 saturated heterocycles. The summed E-state index contributed by atoms with van der Waals surface area (Å²) in [4.78, 5) is 10.6. The summed E-state index contributed by atoms with van der Waals surface area (Å²) >= 11 is 0. The standard InChI is InChI=1S/C11H23NO5S/c1-10(14)12-6-4-8-18(15,16)17-9-11(2,3)5-7-13/h13H,4-9H2,1-3H3,(H,12,14). The minimum atomic E-state index is -3.56. The van der Waals surface area contributed by atoms with E-state index in [-0.39, 0.29) is 30.3 Å². The van der Waals surface area contributed by atoms with Crippen LogP contribution in [0.15, 0.2) is 0 Å². The summed E-state index contributed by atoms with van der Waals surface area (Å²) in [5, 5.41) is 11.3. The van der Waals surface area contributed by atoms with Gasteiger partial charge in [0.2, 0.25) is 5.91 Å². The van der Waals surface area contributed by atoms with Crippen molar-refractivity contribution in [2.75, 3.05) is 25.5 Å². The molecule has 7 heteroatoms. The number of aliphatic hydroxyl groups excluding tert-OH is 1. The van der Waals surface area contributed by atoms with Gasteiger partial charge in [-0.2, -0.15) is 8.42 Å². The summed E-state index contributed by atoms with van der Waals surface area (Å²) in [6.07, 6.45) is 0.802. The predicted octanol–water partition coefficient (Wildman–Crippen LogP) is 0.268. The first kappa shape index (κ1) is 17.3. The maximum absolute atomic E-state index is 11.5. The van der Waals surface area contributed by atoms with Gasteiger partial charge in [-0.15, -0.1) is 0 Å². The average molecular weight is 281 g/mol. The fraction of sp³-hybridized carbons (Fsp3) is 0.909. The van der Waals surface area contributed by atoms with Crippen LogP contribution in [0, 0.1) is 5.41 Å². The molecule has 18 heavy (non-hydrogen) atoms. The van der Waals surface area contributed by atoms with Gasteiger partial charge in [-0.25, -0.2) is 0 Å². The molecule has 0 spiro atoms. The van der Waals surface area contributed by atoms with E-state index in [2.05, 4.69) is 5.32 Å². The Bertz CT molecular complexity index is 350. The Hall–Kier alpha value is -0.660. The predicted molar refractivity (Wildman–Crippen MR) is 68.5 cm³/mol. The van der Waals surface area contributed by atoms with Crippen LogP contribution >= 0.6 is 0 Å². The SMILES string of the molecule is CC(=O)NCCCS(=O)(=O)OCC(C)(C)CCO. The molecule has 6 nitrogen and oxygen atoms in total. The molecule has 0 aromatic carbocycles. The summed E-state index contributed by atoms with van der Waals surface area (Å²) in [6.45, 7) is 5.40. The Morgan fingerprint density at radius 1 is 1.39 bits per heavy atom. The van der Waals surface area contributed by atoms with Gasteiger partial charge in [-0.05, 0) is 18.3 Å². The van der Waals surface area contributed by atoms with E-state index in [1.54, 1.807) is 0 Å². The maximum Gasteiger partial charge on any atom is 0.267 e. The van der Waals surface area contributed by atoms with Gasteiger partial charge in [0.05, 0.1) is 12.4 Å². The second-order valence-corrected chi connectivity index (χ2v) is 6.76. The molecule has 0 fully saturated rings. The molecule has 0 aliphatic carbocycles. The third kappa shape index (κ3) is 9.38. The molecule has 0 aromatic rings. The van der Waals surface area contributed by atoms with Crippen LogP contribution in [0.1, 0.15) is 33.6 Å². The van der Waals surface area contributed by atoms with Crippen molar-refractivity contribution in [3.63, 3.8) is 0 Å². The van der Waals surface area contributed by atoms with Gasteiger partial charge >= 0.3 is 0 Å². The maximum atomic E-state index is 11.5. The Kier molecular flexibility index (Phi) is 7.42. The Balaban J connectivity index is 3.97. The topological polar surface area (TPSA) is 92.7 Å². The number of carbonyl (C=O) groups is 1. The number of carbonyl (C=O) groups excluding carboxylic acids is 1. The van der Waals surface area contributed by atoms with E-state index >= 15 is 0 Å². The third-order valence-electron chi connectivity index (χ3n) is 2.36. The molecule has 0 atom stereocenters. The Morgan fingerprint density at radius 3 is 2.50 bits per heavy atom. The molecular formula is C11H23NO5S. The molecule has 0 heterocycles. The lowest BCUT2D eigenvalue weighted by molar-refractivity contribution is -0.118. The van der Waals surface area contributed by atoms with Crippen molar-refractivity contribution < 1.29 is 22.5 Å². The van der Waals surface area contributed by atoms with Crippen LogP contribution < -0.4 is 5.32 Å². The van der Waals surface area contributed by atoms with Gasteiger partial charge in [0, 0.05) is 20.1 Å². The van der Waals surface area contributed by atoms with Gasteiger partial charge in [-0.3, -0.25) is 8.98 Å². The van der Waals surface area contributed by atoms with Crippen molar-refractivity contribution in [2.24, 2.45) is 5.41 Å². The minimum Gasteiger partial charge on any atom is -0.396 e. The highest BCUT2D eigenvalue weighted by Gasteiger charge is 2.21. The van der Waals surface area contributed by atoms with Crippen LogP contribution in [0.3, 0.4) is 0 Å². The van der Waals surface area contributed by atoms with Gasteiger partial charge in [0.25, 0.3) is 10.1 Å². The van der Waals surface area contributed by atoms with E-state index in [1.165, 1.54) is 6.92 Å². The number of hydrogen-bond donors (Lipinski definition) is 2. The van der Waals surface area contributed by atoms with Crippen LogP contribution in [0.4, 0.5) is 0 Å². The van der Waals surface area contributed by atoms with E-state index < -0.39 is 10.1 Å². The normalized spacial score (nSPS) is 12.4. The van der Waals surface area contributed by atoms with E-state index in [4.69, 9.17) is 9.29 Å². The van der Waals surface area contributed by atoms with Crippen molar-refractivity contribution >= 4 is 16.0 Å². The van der Waals surface area contributed by atoms with Crippen LogP contribution in [0.25, 0.3) is 0 Å². The second-order valence-electron chi connectivity index (χ2n) is 5.00. The fourth-order valence-corrected chi connectivity index (χ4v) is 2.31. The molecule has 108 valence electrons. The minimum absolute atomic E-state index is 0.00105. The molecule has 0 aliphatic heterocycles. The lowest BCUT2D eigenvalue weighted by atomic mass is 9.91. The summed E-state index contributed by atoms with van der Waals surface area (Å²) in [7, 11) is -3.56. The highest BCUT2D eigenvalue weighted by atomic mass is 32.2. The summed E-state index contributed by atoms with van der Waals surface area (Å²) in [5.41, 5.74) is -0.376. The smallest absolute Gasteiger partial charge is 0.267 e. The zero-order valence-electron chi connectivity index (χ0n) is 11.2. The molecule has 0 bridgehead atoms. The summed E-state index contributed by atoms with van der Waals surface area (Å²) in [6, 6.07) is 0. The van der Waals surface area contributed by atoms with Crippen molar-refractivity contribution in [2.45, 2.75) is 33.6 Å². The fourth-order valence-electron chi connectivity index (χ4n) is 1.20. The zero-order valence-corrected chi connectivity index (χ0v) is 12.0. The van der Waals surface area contributed by atoms with Crippen molar-refractivity contribution in [3.8, 4) is 0 Å². The highest BCUT2D eigenvalue weighted by molar-refractivity contribution is 7.86. The molecule has 0 unspecified atom stereocenters. The lowest BCUT2D eigenvalue weighted by Gasteiger charge is -2.22. The Morgan fingerprint density at radius 2 is 2.00 bits per heavy atom. The summed E-state index contributed by atoms with van der Waals surface area (Å²) in [5.74, 6) is -0.306. The first-order valence-corrected chi connectivity index (χ1v) is 7.49. The van der Waals surface area contributed by atoms with E-state index in [0.29, 0.717) is 19.4 Å². The van der Waals surface area contributed by atoms with Crippen LogP contribution in [0.5, 0.6) is 0 Å². The van der Waals surface area contributed by atoms with Crippen molar-refractivity contribution in [1.29, 1.82) is 0 Å². The molecule has 0 aliphatic rings. The number of rotatable bonds is 9. The average Bonchev–Trinajstić information content (AvgIpc) is 2.22. The molecule has 0 saturated carbocycles. The van der Waals surface area contributed by atoms with Gasteiger partial charge in [0.15, 0.2) is 0 Å². The zero-order chi connectivity index (χ0) is 14.2. The van der Waals surface area contributed by atoms with E-state index in [0.717, 1.165) is 0 Å². The molecule has 0 rings (SSSR count). The van der Waals surface area contributed by atoms with Crippen LogP contribution in [-0.2, 0) is 19.1 Å².